The second-order valence-electron chi connectivity index (χ2n) is 11.5. The standard InChI is InChI=1S/C30H47NO7Si/c1-21(22(2)34-6)17-28-31-26(20-37-28)27(38-39(8,9)30(3,4)5)18-25(11-10-12-29(32)33)36-19-23-13-15-24(35-7)16-14-23/h13-17,20,22,25,27H,10-12,18-19H2,1-9H3,(H,32,33)/b21-17-/t22-,25+,27+/m1/s1. The Kier molecular flexibility index (Phi) is 12.4. The lowest BCUT2D eigenvalue weighted by molar-refractivity contribution is -0.137. The van der Waals surface area contributed by atoms with Crippen LogP contribution >= 0.6 is 0 Å². The summed E-state index contributed by atoms with van der Waals surface area (Å²) < 4.78 is 29.7. The Morgan fingerprint density at radius 3 is 2.41 bits per heavy atom. The Hall–Kier alpha value is -2.46. The summed E-state index contributed by atoms with van der Waals surface area (Å²) in [6.45, 7) is 15.4. The van der Waals surface area contributed by atoms with Gasteiger partial charge in [0.05, 0.1) is 32.0 Å². The molecule has 0 spiro atoms. The van der Waals surface area contributed by atoms with Crippen LogP contribution < -0.4 is 4.74 Å². The van der Waals surface area contributed by atoms with Crippen LogP contribution in [0.5, 0.6) is 5.75 Å². The smallest absolute Gasteiger partial charge is 0.303 e. The van der Waals surface area contributed by atoms with Gasteiger partial charge in [0.1, 0.15) is 17.7 Å². The van der Waals surface area contributed by atoms with Crippen LogP contribution in [0.1, 0.15) is 83.6 Å². The van der Waals surface area contributed by atoms with Crippen LogP contribution in [-0.2, 0) is 25.3 Å². The van der Waals surface area contributed by atoms with Gasteiger partial charge in [-0.05, 0) is 68.1 Å². The quantitative estimate of drug-likeness (QED) is 0.211. The van der Waals surface area contributed by atoms with Gasteiger partial charge in [0.15, 0.2) is 8.32 Å². The molecule has 0 aliphatic heterocycles. The van der Waals surface area contributed by atoms with Crippen molar-refractivity contribution >= 4 is 20.4 Å². The number of rotatable bonds is 16. The first kappa shape index (κ1) is 32.7. The van der Waals surface area contributed by atoms with E-state index in [9.17, 15) is 9.90 Å². The molecule has 39 heavy (non-hydrogen) atoms. The molecule has 8 nitrogen and oxygen atoms in total. The molecule has 3 atom stereocenters. The molecule has 1 aromatic heterocycles. The van der Waals surface area contributed by atoms with Gasteiger partial charge in [0.2, 0.25) is 5.89 Å². The highest BCUT2D eigenvalue weighted by Gasteiger charge is 2.40. The molecular formula is C30H47NO7Si. The summed E-state index contributed by atoms with van der Waals surface area (Å²) in [5.41, 5.74) is 2.72. The van der Waals surface area contributed by atoms with Gasteiger partial charge in [-0.2, -0.15) is 0 Å². The molecule has 1 aromatic carbocycles. The molecule has 1 N–H and O–H groups in total. The fourth-order valence-electron chi connectivity index (χ4n) is 3.70. The zero-order valence-electron chi connectivity index (χ0n) is 25.1. The summed E-state index contributed by atoms with van der Waals surface area (Å²) in [5.74, 6) is 0.467. The van der Waals surface area contributed by atoms with Crippen LogP contribution in [0.15, 0.2) is 40.5 Å². The largest absolute Gasteiger partial charge is 0.497 e. The monoisotopic (exact) mass is 561 g/mol. The molecule has 0 fully saturated rings. The molecular weight excluding hydrogens is 514 g/mol. The SMILES string of the molecule is COc1ccc(CO[C@@H](CCCC(=O)O)C[C@H](O[Si](C)(C)C(C)(C)C)c2coc(/C=C(/C)[C@@H](C)OC)n2)cc1. The molecule has 218 valence electrons. The van der Waals surface area contributed by atoms with Crippen molar-refractivity contribution in [2.45, 2.75) is 103 Å². The maximum atomic E-state index is 11.2. The van der Waals surface area contributed by atoms with Crippen LogP contribution in [0.25, 0.3) is 6.08 Å². The molecule has 1 heterocycles. The summed E-state index contributed by atoms with van der Waals surface area (Å²) in [6.07, 6.45) is 4.62. The molecule has 0 saturated carbocycles. The third kappa shape index (κ3) is 10.6. The fourth-order valence-corrected chi connectivity index (χ4v) is 4.98. The van der Waals surface area contributed by atoms with Crippen molar-refractivity contribution in [3.8, 4) is 5.75 Å². The Morgan fingerprint density at radius 1 is 1.18 bits per heavy atom. The molecule has 0 aliphatic carbocycles. The second kappa shape index (κ2) is 14.8. The van der Waals surface area contributed by atoms with Crippen molar-refractivity contribution in [2.24, 2.45) is 0 Å². The number of hydrogen-bond donors (Lipinski definition) is 1. The first-order valence-corrected chi connectivity index (χ1v) is 16.5. The summed E-state index contributed by atoms with van der Waals surface area (Å²) in [6, 6.07) is 7.74. The Morgan fingerprint density at radius 2 is 1.85 bits per heavy atom. The van der Waals surface area contributed by atoms with E-state index in [2.05, 4.69) is 33.9 Å². The molecule has 0 amide bonds. The van der Waals surface area contributed by atoms with Crippen LogP contribution in [0.3, 0.4) is 0 Å². The van der Waals surface area contributed by atoms with Gasteiger partial charge in [0.25, 0.3) is 0 Å². The van der Waals surface area contributed by atoms with Gasteiger partial charge < -0.3 is 28.2 Å². The van der Waals surface area contributed by atoms with Crippen LogP contribution in [0.2, 0.25) is 18.1 Å². The van der Waals surface area contributed by atoms with Crippen molar-refractivity contribution in [3.63, 3.8) is 0 Å². The molecule has 9 heteroatoms. The predicted octanol–water partition coefficient (Wildman–Crippen LogP) is 7.41. The van der Waals surface area contributed by atoms with Crippen LogP contribution in [0.4, 0.5) is 0 Å². The first-order valence-electron chi connectivity index (χ1n) is 13.6. The average Bonchev–Trinajstić information content (AvgIpc) is 3.33. The maximum Gasteiger partial charge on any atom is 0.303 e. The number of nitrogens with zero attached hydrogens (tertiary/aromatic N) is 1. The van der Waals surface area contributed by atoms with Gasteiger partial charge in [0, 0.05) is 26.0 Å². The molecule has 0 bridgehead atoms. The number of carboxylic acid groups (broad SMARTS) is 1. The zero-order chi connectivity index (χ0) is 29.2. The highest BCUT2D eigenvalue weighted by molar-refractivity contribution is 6.74. The Balaban J connectivity index is 2.32. The molecule has 2 rings (SSSR count). The van der Waals surface area contributed by atoms with Gasteiger partial charge in [-0.3, -0.25) is 4.79 Å². The van der Waals surface area contributed by atoms with Gasteiger partial charge in [-0.1, -0.05) is 32.9 Å². The number of benzene rings is 1. The lowest BCUT2D eigenvalue weighted by Gasteiger charge is -2.39. The van der Waals surface area contributed by atoms with E-state index in [0.29, 0.717) is 37.5 Å². The van der Waals surface area contributed by atoms with Crippen molar-refractivity contribution in [3.05, 3.63) is 53.2 Å². The number of oxazole rings is 1. The van der Waals surface area contributed by atoms with Crippen LogP contribution in [-0.4, -0.2) is 50.8 Å². The zero-order valence-corrected chi connectivity index (χ0v) is 26.1. The average molecular weight is 562 g/mol. The number of aliphatic carboxylic acids is 1. The summed E-state index contributed by atoms with van der Waals surface area (Å²) >= 11 is 0. The van der Waals surface area contributed by atoms with E-state index in [0.717, 1.165) is 16.9 Å². The number of aromatic nitrogens is 1. The van der Waals surface area contributed by atoms with Gasteiger partial charge in [-0.25, -0.2) is 4.98 Å². The van der Waals surface area contributed by atoms with E-state index >= 15 is 0 Å². The van der Waals surface area contributed by atoms with Crippen molar-refractivity contribution in [2.75, 3.05) is 14.2 Å². The Bertz CT molecular complexity index is 1060. The fraction of sp³-hybridized carbons (Fsp3) is 0.600. The molecule has 0 unspecified atom stereocenters. The van der Waals surface area contributed by atoms with E-state index in [-0.39, 0.29) is 29.8 Å². The van der Waals surface area contributed by atoms with Crippen molar-refractivity contribution in [1.82, 2.24) is 4.98 Å². The van der Waals surface area contributed by atoms with E-state index in [1.165, 1.54) is 0 Å². The summed E-state index contributed by atoms with van der Waals surface area (Å²) in [7, 11) is 1.11. The topological polar surface area (TPSA) is 100 Å². The van der Waals surface area contributed by atoms with E-state index < -0.39 is 14.3 Å². The lowest BCUT2D eigenvalue weighted by Crippen LogP contribution is -2.42. The Labute approximate surface area is 234 Å². The number of hydrogen-bond acceptors (Lipinski definition) is 7. The lowest BCUT2D eigenvalue weighted by atomic mass is 10.0. The minimum absolute atomic E-state index is 0.00897. The van der Waals surface area contributed by atoms with Gasteiger partial charge in [-0.15, -0.1) is 0 Å². The maximum absolute atomic E-state index is 11.2. The molecule has 0 radical (unpaired) electrons. The third-order valence-electron chi connectivity index (χ3n) is 7.50. The van der Waals surface area contributed by atoms with E-state index in [1.807, 2.05) is 44.2 Å². The summed E-state index contributed by atoms with van der Waals surface area (Å²) in [4.78, 5) is 16.0. The number of carboxylic acids is 1. The minimum atomic E-state index is -2.19. The van der Waals surface area contributed by atoms with E-state index in [4.69, 9.17) is 28.0 Å². The van der Waals surface area contributed by atoms with E-state index in [1.54, 1.807) is 20.5 Å². The minimum Gasteiger partial charge on any atom is -0.497 e. The molecule has 0 saturated heterocycles. The normalized spacial score (nSPS) is 15.2. The predicted molar refractivity (Wildman–Crippen MR) is 155 cm³/mol. The van der Waals surface area contributed by atoms with Gasteiger partial charge >= 0.3 is 5.97 Å². The van der Waals surface area contributed by atoms with Crippen molar-refractivity contribution in [1.29, 1.82) is 0 Å². The highest BCUT2D eigenvalue weighted by Crippen LogP contribution is 2.41. The summed E-state index contributed by atoms with van der Waals surface area (Å²) in [5, 5.41) is 9.20. The first-order chi connectivity index (χ1) is 18.3. The number of methoxy groups -OCH3 is 2. The molecule has 0 aliphatic rings. The highest BCUT2D eigenvalue weighted by atomic mass is 28.4. The third-order valence-corrected chi connectivity index (χ3v) is 12.0. The van der Waals surface area contributed by atoms with Crippen molar-refractivity contribution < 1.29 is 33.0 Å². The molecule has 2 aromatic rings. The number of carbonyl (C=O) groups is 1. The second-order valence-corrected chi connectivity index (χ2v) is 16.3. The van der Waals surface area contributed by atoms with Crippen LogP contribution in [0, 0.1) is 0 Å². The number of ether oxygens (including phenoxy) is 3.